The Kier molecular flexibility index (Phi) is 3.28. The molecular formula is C14H12FNO2. The first-order chi connectivity index (χ1) is 8.59. The molecule has 0 saturated heterocycles. The highest BCUT2D eigenvalue weighted by atomic mass is 19.1. The Hall–Kier alpha value is -2.36. The minimum Gasteiger partial charge on any atom is -0.507 e. The Morgan fingerprint density at radius 3 is 2.33 bits per heavy atom. The fourth-order valence-corrected chi connectivity index (χ4v) is 1.62. The van der Waals surface area contributed by atoms with Crippen LogP contribution in [-0.4, -0.2) is 18.1 Å². The molecule has 0 radical (unpaired) electrons. The summed E-state index contributed by atoms with van der Waals surface area (Å²) in [7, 11) is 1.57. The molecule has 0 spiro atoms. The molecule has 2 aromatic carbocycles. The van der Waals surface area contributed by atoms with Gasteiger partial charge in [-0.15, -0.1) is 0 Å². The van der Waals surface area contributed by atoms with Gasteiger partial charge in [0.2, 0.25) is 0 Å². The standard InChI is InChI=1S/C14H12FNO2/c1-16(11-8-6-10(15)7-9-11)14(18)12-4-2-3-5-13(12)17/h2-9,17H,1H3. The van der Waals surface area contributed by atoms with Crippen LogP contribution in [0.5, 0.6) is 5.75 Å². The Morgan fingerprint density at radius 2 is 1.72 bits per heavy atom. The molecule has 0 fully saturated rings. The Balaban J connectivity index is 2.29. The molecule has 0 aromatic heterocycles. The van der Waals surface area contributed by atoms with E-state index in [1.54, 1.807) is 19.2 Å². The topological polar surface area (TPSA) is 40.5 Å². The highest BCUT2D eigenvalue weighted by Crippen LogP contribution is 2.21. The minimum absolute atomic E-state index is 0.0727. The summed E-state index contributed by atoms with van der Waals surface area (Å²) in [5, 5.41) is 9.61. The van der Waals surface area contributed by atoms with Gasteiger partial charge in [0.1, 0.15) is 11.6 Å². The van der Waals surface area contributed by atoms with Crippen LogP contribution in [0, 0.1) is 5.82 Å². The lowest BCUT2D eigenvalue weighted by molar-refractivity contribution is 0.0990. The number of halogens is 1. The van der Waals surface area contributed by atoms with Crippen LogP contribution >= 0.6 is 0 Å². The second kappa shape index (κ2) is 4.87. The van der Waals surface area contributed by atoms with Crippen molar-refractivity contribution in [2.45, 2.75) is 0 Å². The van der Waals surface area contributed by atoms with Crippen LogP contribution in [0.15, 0.2) is 48.5 Å². The number of anilines is 1. The van der Waals surface area contributed by atoms with Gasteiger partial charge in [-0.05, 0) is 36.4 Å². The Morgan fingerprint density at radius 1 is 1.11 bits per heavy atom. The van der Waals surface area contributed by atoms with E-state index in [9.17, 15) is 14.3 Å². The minimum atomic E-state index is -0.359. The quantitative estimate of drug-likeness (QED) is 0.883. The summed E-state index contributed by atoms with van der Waals surface area (Å²) in [5.41, 5.74) is 0.772. The zero-order valence-electron chi connectivity index (χ0n) is 9.80. The van der Waals surface area contributed by atoms with Crippen molar-refractivity contribution in [3.05, 3.63) is 59.9 Å². The summed E-state index contributed by atoms with van der Waals surface area (Å²) in [6, 6.07) is 11.9. The van der Waals surface area contributed by atoms with Crippen molar-refractivity contribution >= 4 is 11.6 Å². The van der Waals surface area contributed by atoms with Crippen molar-refractivity contribution in [1.29, 1.82) is 0 Å². The summed E-state index contributed by atoms with van der Waals surface area (Å²) in [6.07, 6.45) is 0. The normalized spacial score (nSPS) is 10.1. The second-order valence-corrected chi connectivity index (χ2v) is 3.86. The molecule has 92 valence electrons. The zero-order chi connectivity index (χ0) is 13.1. The summed E-state index contributed by atoms with van der Waals surface area (Å²) in [5.74, 6) is -0.779. The fourth-order valence-electron chi connectivity index (χ4n) is 1.62. The van der Waals surface area contributed by atoms with Crippen molar-refractivity contribution in [3.63, 3.8) is 0 Å². The third-order valence-electron chi connectivity index (χ3n) is 2.65. The largest absolute Gasteiger partial charge is 0.507 e. The van der Waals surface area contributed by atoms with Crippen molar-refractivity contribution in [2.75, 3.05) is 11.9 Å². The number of benzene rings is 2. The SMILES string of the molecule is CN(C(=O)c1ccccc1O)c1ccc(F)cc1. The molecule has 1 amide bonds. The molecule has 18 heavy (non-hydrogen) atoms. The molecular weight excluding hydrogens is 233 g/mol. The number of amides is 1. The lowest BCUT2D eigenvalue weighted by atomic mass is 10.1. The van der Waals surface area contributed by atoms with E-state index in [1.807, 2.05) is 0 Å². The number of phenolic OH excluding ortho intramolecular Hbond substituents is 1. The molecule has 4 heteroatoms. The van der Waals surface area contributed by atoms with Crippen LogP contribution in [0.1, 0.15) is 10.4 Å². The molecule has 1 N–H and O–H groups in total. The molecule has 2 rings (SSSR count). The number of rotatable bonds is 2. The third kappa shape index (κ3) is 2.32. The highest BCUT2D eigenvalue weighted by Gasteiger charge is 2.16. The molecule has 0 atom stereocenters. The van der Waals surface area contributed by atoms with E-state index in [-0.39, 0.29) is 23.0 Å². The zero-order valence-corrected chi connectivity index (χ0v) is 9.80. The van der Waals surface area contributed by atoms with E-state index in [0.717, 1.165) is 0 Å². The predicted molar refractivity (Wildman–Crippen MR) is 67.2 cm³/mol. The predicted octanol–water partition coefficient (Wildman–Crippen LogP) is 2.81. The van der Waals surface area contributed by atoms with Gasteiger partial charge in [0.25, 0.3) is 5.91 Å². The van der Waals surface area contributed by atoms with Gasteiger partial charge in [0.05, 0.1) is 5.56 Å². The maximum absolute atomic E-state index is 12.8. The summed E-state index contributed by atoms with van der Waals surface area (Å²) >= 11 is 0. The number of nitrogens with zero attached hydrogens (tertiary/aromatic N) is 1. The first kappa shape index (κ1) is 12.1. The Labute approximate surface area is 104 Å². The smallest absolute Gasteiger partial charge is 0.261 e. The summed E-state index contributed by atoms with van der Waals surface area (Å²) in [6.45, 7) is 0. The lowest BCUT2D eigenvalue weighted by Gasteiger charge is -2.17. The number of hydrogen-bond donors (Lipinski definition) is 1. The fraction of sp³-hybridized carbons (Fsp3) is 0.0714. The van der Waals surface area contributed by atoms with E-state index in [4.69, 9.17) is 0 Å². The van der Waals surface area contributed by atoms with Crippen molar-refractivity contribution < 1.29 is 14.3 Å². The molecule has 0 heterocycles. The van der Waals surface area contributed by atoms with Gasteiger partial charge in [0, 0.05) is 12.7 Å². The molecule has 2 aromatic rings. The van der Waals surface area contributed by atoms with Gasteiger partial charge < -0.3 is 10.0 Å². The molecule has 0 unspecified atom stereocenters. The van der Waals surface area contributed by atoms with Gasteiger partial charge >= 0.3 is 0 Å². The average Bonchev–Trinajstić information content (AvgIpc) is 2.38. The maximum atomic E-state index is 12.8. The molecule has 0 aliphatic heterocycles. The average molecular weight is 245 g/mol. The van der Waals surface area contributed by atoms with Crippen LogP contribution in [0.4, 0.5) is 10.1 Å². The van der Waals surface area contributed by atoms with E-state index >= 15 is 0 Å². The van der Waals surface area contributed by atoms with Crippen molar-refractivity contribution in [1.82, 2.24) is 0 Å². The monoisotopic (exact) mass is 245 g/mol. The number of hydrogen-bond acceptors (Lipinski definition) is 2. The van der Waals surface area contributed by atoms with Gasteiger partial charge in [-0.3, -0.25) is 4.79 Å². The van der Waals surface area contributed by atoms with E-state index in [2.05, 4.69) is 0 Å². The van der Waals surface area contributed by atoms with Crippen LogP contribution in [0.25, 0.3) is 0 Å². The molecule has 3 nitrogen and oxygen atoms in total. The van der Waals surface area contributed by atoms with Crippen LogP contribution in [0.2, 0.25) is 0 Å². The molecule has 0 bridgehead atoms. The first-order valence-electron chi connectivity index (χ1n) is 5.41. The first-order valence-corrected chi connectivity index (χ1v) is 5.41. The molecule has 0 aliphatic carbocycles. The van der Waals surface area contributed by atoms with Crippen molar-refractivity contribution in [3.8, 4) is 5.75 Å². The van der Waals surface area contributed by atoms with Crippen molar-refractivity contribution in [2.24, 2.45) is 0 Å². The maximum Gasteiger partial charge on any atom is 0.261 e. The number of aromatic hydroxyl groups is 1. The number of carbonyl (C=O) groups excluding carboxylic acids is 1. The van der Waals surface area contributed by atoms with E-state index < -0.39 is 0 Å². The van der Waals surface area contributed by atoms with E-state index in [1.165, 1.54) is 41.3 Å². The second-order valence-electron chi connectivity index (χ2n) is 3.86. The van der Waals surface area contributed by atoms with Gasteiger partial charge in [-0.2, -0.15) is 0 Å². The van der Waals surface area contributed by atoms with Gasteiger partial charge in [-0.1, -0.05) is 12.1 Å². The number of phenols is 1. The highest BCUT2D eigenvalue weighted by molar-refractivity contribution is 6.07. The van der Waals surface area contributed by atoms with Crippen LogP contribution in [0.3, 0.4) is 0 Å². The van der Waals surface area contributed by atoms with E-state index in [0.29, 0.717) is 5.69 Å². The Bertz CT molecular complexity index is 566. The van der Waals surface area contributed by atoms with Crippen LogP contribution < -0.4 is 4.90 Å². The summed E-state index contributed by atoms with van der Waals surface area (Å²) < 4.78 is 12.8. The van der Waals surface area contributed by atoms with Crippen LogP contribution in [-0.2, 0) is 0 Å². The number of carbonyl (C=O) groups is 1. The van der Waals surface area contributed by atoms with Gasteiger partial charge in [0.15, 0.2) is 0 Å². The number of para-hydroxylation sites is 1. The molecule has 0 saturated carbocycles. The van der Waals surface area contributed by atoms with Gasteiger partial charge in [-0.25, -0.2) is 4.39 Å². The third-order valence-corrected chi connectivity index (χ3v) is 2.65. The lowest BCUT2D eigenvalue weighted by Crippen LogP contribution is -2.26. The summed E-state index contributed by atoms with van der Waals surface area (Å²) in [4.78, 5) is 13.5. The molecule has 0 aliphatic rings.